The largest absolute Gasteiger partial charge is 0.454 e. The number of alkyl halides is 6. The van der Waals surface area contributed by atoms with Crippen LogP contribution in [0.25, 0.3) is 0 Å². The molecule has 9 nitrogen and oxygen atoms in total. The summed E-state index contributed by atoms with van der Waals surface area (Å²) in [5.41, 5.74) is 0.116. The molecule has 1 fully saturated rings. The van der Waals surface area contributed by atoms with Gasteiger partial charge >= 0.3 is 24.4 Å². The molecule has 0 atom stereocenters. The summed E-state index contributed by atoms with van der Waals surface area (Å²) in [5, 5.41) is 5.43. The highest BCUT2D eigenvalue weighted by atomic mass is 19.4. The first-order chi connectivity index (χ1) is 19.0. The lowest BCUT2D eigenvalue weighted by Gasteiger charge is -2.34. The summed E-state index contributed by atoms with van der Waals surface area (Å²) in [6.07, 6.45) is -8.60. The van der Waals surface area contributed by atoms with Crippen molar-refractivity contribution in [2.24, 2.45) is 0 Å². The first-order valence-corrected chi connectivity index (χ1v) is 12.2. The van der Waals surface area contributed by atoms with Crippen molar-refractivity contribution >= 4 is 23.6 Å². The Balaban J connectivity index is 1.42. The lowest BCUT2D eigenvalue weighted by Crippen LogP contribution is -2.52. The van der Waals surface area contributed by atoms with Gasteiger partial charge in [-0.2, -0.15) is 41.3 Å². The number of nitrogens with zero attached hydrogens (tertiary/aromatic N) is 5. The molecule has 0 bridgehead atoms. The number of aromatic nitrogens is 3. The molecular formula is C25H25F6N7O2. The lowest BCUT2D eigenvalue weighted by molar-refractivity contribution is -0.154. The van der Waals surface area contributed by atoms with Crippen molar-refractivity contribution in [3.8, 4) is 6.01 Å². The highest BCUT2D eigenvalue weighted by molar-refractivity contribution is 5.74. The molecule has 0 radical (unpaired) electrons. The summed E-state index contributed by atoms with van der Waals surface area (Å²) in [6.45, 7) is -0.178. The molecule has 1 saturated heterocycles. The molecule has 0 saturated carbocycles. The van der Waals surface area contributed by atoms with Crippen LogP contribution in [0.15, 0.2) is 54.6 Å². The summed E-state index contributed by atoms with van der Waals surface area (Å²) < 4.78 is 82.2. The number of halogens is 6. The summed E-state index contributed by atoms with van der Waals surface area (Å²) in [4.78, 5) is 27.7. The molecule has 40 heavy (non-hydrogen) atoms. The Morgan fingerprint density at radius 2 is 1.62 bits per heavy atom. The van der Waals surface area contributed by atoms with E-state index in [-0.39, 0.29) is 49.8 Å². The van der Waals surface area contributed by atoms with Gasteiger partial charge in [-0.05, 0) is 30.2 Å². The van der Waals surface area contributed by atoms with Crippen LogP contribution < -0.4 is 20.3 Å². The van der Waals surface area contributed by atoms with Crippen molar-refractivity contribution in [3.05, 3.63) is 65.7 Å². The molecule has 214 valence electrons. The Morgan fingerprint density at radius 3 is 2.30 bits per heavy atom. The minimum Gasteiger partial charge on any atom is -0.454 e. The Labute approximate surface area is 225 Å². The molecule has 2 amide bonds. The van der Waals surface area contributed by atoms with E-state index >= 15 is 0 Å². The van der Waals surface area contributed by atoms with Crippen molar-refractivity contribution < 1.29 is 35.9 Å². The SMILES string of the molecule is O=C(NCCc1ccccc1)N1CCN(c2nc(Nc3cccc(C(F)(F)F)c3)nc(OCC(F)(F)F)n2)CC1. The Morgan fingerprint density at radius 1 is 0.900 bits per heavy atom. The minimum absolute atomic E-state index is 0.0364. The summed E-state index contributed by atoms with van der Waals surface area (Å²) in [7, 11) is 0. The number of urea groups is 1. The van der Waals surface area contributed by atoms with Gasteiger partial charge in [-0.25, -0.2) is 4.79 Å². The number of carbonyl (C=O) groups excluding carboxylic acids is 1. The number of carbonyl (C=O) groups is 1. The third-order valence-corrected chi connectivity index (χ3v) is 5.80. The van der Waals surface area contributed by atoms with Gasteiger partial charge in [-0.3, -0.25) is 0 Å². The van der Waals surface area contributed by atoms with Gasteiger partial charge in [0.15, 0.2) is 6.61 Å². The van der Waals surface area contributed by atoms with Gasteiger partial charge in [-0.1, -0.05) is 36.4 Å². The van der Waals surface area contributed by atoms with E-state index in [1.807, 2.05) is 30.3 Å². The maximum Gasteiger partial charge on any atom is 0.422 e. The number of amides is 2. The van der Waals surface area contributed by atoms with Crippen molar-refractivity contribution in [1.82, 2.24) is 25.2 Å². The molecule has 2 aromatic carbocycles. The number of hydrogen-bond donors (Lipinski definition) is 2. The second-order valence-corrected chi connectivity index (χ2v) is 8.79. The number of piperazine rings is 1. The summed E-state index contributed by atoms with van der Waals surface area (Å²) in [6, 6.07) is 12.9. The van der Waals surface area contributed by atoms with Crippen molar-refractivity contribution in [3.63, 3.8) is 0 Å². The molecule has 1 aliphatic rings. The van der Waals surface area contributed by atoms with Crippen molar-refractivity contribution in [2.75, 3.05) is 49.5 Å². The van der Waals surface area contributed by atoms with Crippen LogP contribution in [0, 0.1) is 0 Å². The second kappa shape index (κ2) is 12.3. The Bertz CT molecular complexity index is 1280. The first-order valence-electron chi connectivity index (χ1n) is 12.2. The molecule has 0 aliphatic carbocycles. The fraction of sp³-hybridized carbons (Fsp3) is 0.360. The zero-order chi connectivity index (χ0) is 28.8. The maximum absolute atomic E-state index is 13.1. The number of hydrogen-bond acceptors (Lipinski definition) is 7. The lowest BCUT2D eigenvalue weighted by atomic mass is 10.1. The van der Waals surface area contributed by atoms with E-state index in [0.717, 1.165) is 17.7 Å². The molecule has 1 aromatic heterocycles. The average Bonchev–Trinajstić information content (AvgIpc) is 2.92. The van der Waals surface area contributed by atoms with Crippen LogP contribution in [0.4, 0.5) is 48.7 Å². The molecule has 1 aliphatic heterocycles. The van der Waals surface area contributed by atoms with E-state index in [1.54, 1.807) is 9.80 Å². The topological polar surface area (TPSA) is 95.5 Å². The second-order valence-electron chi connectivity index (χ2n) is 8.79. The van der Waals surface area contributed by atoms with E-state index in [0.29, 0.717) is 13.0 Å². The average molecular weight is 570 g/mol. The van der Waals surface area contributed by atoms with E-state index in [2.05, 4.69) is 30.3 Å². The van der Waals surface area contributed by atoms with Crippen LogP contribution in [0.3, 0.4) is 0 Å². The van der Waals surface area contributed by atoms with Crippen molar-refractivity contribution in [1.29, 1.82) is 0 Å². The molecule has 4 rings (SSSR count). The number of rotatable bonds is 8. The van der Waals surface area contributed by atoms with Crippen LogP contribution in [0.2, 0.25) is 0 Å². The predicted molar refractivity (Wildman–Crippen MR) is 133 cm³/mol. The molecule has 2 heterocycles. The van der Waals surface area contributed by atoms with Gasteiger partial charge in [0.25, 0.3) is 0 Å². The fourth-order valence-corrected chi connectivity index (χ4v) is 3.84. The Kier molecular flexibility index (Phi) is 8.80. The minimum atomic E-state index is -4.67. The maximum atomic E-state index is 13.1. The predicted octanol–water partition coefficient (Wildman–Crippen LogP) is 4.65. The first kappa shape index (κ1) is 28.7. The highest BCUT2D eigenvalue weighted by Crippen LogP contribution is 2.31. The van der Waals surface area contributed by atoms with Gasteiger partial charge < -0.3 is 25.2 Å². The zero-order valence-corrected chi connectivity index (χ0v) is 21.0. The van der Waals surface area contributed by atoms with Crippen LogP contribution in [0.1, 0.15) is 11.1 Å². The van der Waals surface area contributed by atoms with Crippen molar-refractivity contribution in [2.45, 2.75) is 18.8 Å². The van der Waals surface area contributed by atoms with Gasteiger partial charge in [0.05, 0.1) is 5.56 Å². The molecule has 15 heteroatoms. The number of anilines is 3. The zero-order valence-electron chi connectivity index (χ0n) is 21.0. The van der Waals surface area contributed by atoms with Gasteiger partial charge in [0.2, 0.25) is 11.9 Å². The molecule has 3 aromatic rings. The number of nitrogens with one attached hydrogen (secondary N) is 2. The third kappa shape index (κ3) is 8.35. The van der Waals surface area contributed by atoms with E-state index in [4.69, 9.17) is 0 Å². The molecule has 0 spiro atoms. The number of ether oxygens (including phenoxy) is 1. The summed E-state index contributed by atoms with van der Waals surface area (Å²) in [5.74, 6) is -0.353. The van der Waals surface area contributed by atoms with Crippen LogP contribution in [-0.4, -0.2) is 71.4 Å². The Hall–Kier alpha value is -4.30. The van der Waals surface area contributed by atoms with Crippen LogP contribution in [-0.2, 0) is 12.6 Å². The van der Waals surface area contributed by atoms with E-state index < -0.39 is 30.5 Å². The molecule has 2 N–H and O–H groups in total. The molecular weight excluding hydrogens is 544 g/mol. The smallest absolute Gasteiger partial charge is 0.422 e. The quantitative estimate of drug-likeness (QED) is 0.382. The number of benzene rings is 2. The third-order valence-electron chi connectivity index (χ3n) is 5.80. The van der Waals surface area contributed by atoms with Crippen LogP contribution >= 0.6 is 0 Å². The standard InChI is InChI=1S/C25H25F6N7O2/c26-24(27,28)16-40-22-35-20(33-19-8-4-7-18(15-19)25(29,30)31)34-21(36-22)37-11-13-38(14-12-37)23(39)32-10-9-17-5-2-1-3-6-17/h1-8,15H,9-14,16H2,(H,32,39)(H,33,34,35,36). The highest BCUT2D eigenvalue weighted by Gasteiger charge is 2.31. The normalized spacial score (nSPS) is 14.2. The van der Waals surface area contributed by atoms with Gasteiger partial charge in [0.1, 0.15) is 0 Å². The molecule has 0 unspecified atom stereocenters. The van der Waals surface area contributed by atoms with Gasteiger partial charge in [-0.15, -0.1) is 0 Å². The van der Waals surface area contributed by atoms with E-state index in [9.17, 15) is 31.1 Å². The van der Waals surface area contributed by atoms with Crippen LogP contribution in [0.5, 0.6) is 6.01 Å². The van der Waals surface area contributed by atoms with E-state index in [1.165, 1.54) is 12.1 Å². The summed E-state index contributed by atoms with van der Waals surface area (Å²) >= 11 is 0. The monoisotopic (exact) mass is 569 g/mol. The van der Waals surface area contributed by atoms with Gasteiger partial charge in [0, 0.05) is 38.4 Å². The fourth-order valence-electron chi connectivity index (χ4n) is 3.84.